The van der Waals surface area contributed by atoms with E-state index in [1.54, 1.807) is 0 Å². The van der Waals surface area contributed by atoms with Gasteiger partial charge in [-0.25, -0.2) is 9.97 Å². The molecule has 1 heterocycles. The molecule has 0 radical (unpaired) electrons. The summed E-state index contributed by atoms with van der Waals surface area (Å²) < 4.78 is 5.71. The maximum absolute atomic E-state index is 6.18. The van der Waals surface area contributed by atoms with Gasteiger partial charge < -0.3 is 10.5 Å². The van der Waals surface area contributed by atoms with Crippen LogP contribution in [-0.2, 0) is 0 Å². The number of nitrogens with zero attached hydrogens (tertiary/aromatic N) is 2. The Morgan fingerprint density at radius 2 is 1.71 bits per heavy atom. The van der Waals surface area contributed by atoms with Crippen molar-refractivity contribution in [1.29, 1.82) is 0 Å². The van der Waals surface area contributed by atoms with Gasteiger partial charge in [0.05, 0.1) is 11.8 Å². The lowest BCUT2D eigenvalue weighted by Gasteiger charge is -2.14. The molecule has 0 spiro atoms. The first-order chi connectivity index (χ1) is 9.88. The first-order valence-corrected chi connectivity index (χ1v) is 7.75. The molecule has 112 valence electrons. The molecular weight excluding hydrogens is 282 g/mol. The van der Waals surface area contributed by atoms with Crippen molar-refractivity contribution in [3.63, 3.8) is 0 Å². The molecule has 0 saturated carbocycles. The highest BCUT2D eigenvalue weighted by Gasteiger charge is 2.12. The van der Waals surface area contributed by atoms with E-state index in [1.165, 1.54) is 11.8 Å². The third-order valence-corrected chi connectivity index (χ3v) is 4.14. The van der Waals surface area contributed by atoms with E-state index in [0.717, 1.165) is 21.8 Å². The van der Waals surface area contributed by atoms with Crippen molar-refractivity contribution in [3.8, 4) is 5.75 Å². The second kappa shape index (κ2) is 6.35. The van der Waals surface area contributed by atoms with Crippen molar-refractivity contribution >= 4 is 17.4 Å². The number of hydrogen-bond acceptors (Lipinski definition) is 5. The number of para-hydroxylation sites is 1. The standard InChI is InChI=1S/C16H21N3OS/c1-9(2)20-13-7-6-8-14(15(13)17)21-16-18-11(4)10(3)12(5)19-16/h6-9H,17H2,1-5H3. The first kappa shape index (κ1) is 15.6. The first-order valence-electron chi connectivity index (χ1n) is 6.93. The Bertz CT molecular complexity index is 633. The number of hydrogen-bond donors (Lipinski definition) is 1. The Labute approximate surface area is 130 Å². The Kier molecular flexibility index (Phi) is 4.73. The molecule has 2 N–H and O–H groups in total. The van der Waals surface area contributed by atoms with Crippen LogP contribution in [0.15, 0.2) is 28.3 Å². The van der Waals surface area contributed by atoms with E-state index >= 15 is 0 Å². The summed E-state index contributed by atoms with van der Waals surface area (Å²) >= 11 is 1.47. The molecule has 2 rings (SSSR count). The van der Waals surface area contributed by atoms with Crippen molar-refractivity contribution in [2.75, 3.05) is 5.73 Å². The van der Waals surface area contributed by atoms with Crippen LogP contribution in [0.4, 0.5) is 5.69 Å². The number of ether oxygens (including phenoxy) is 1. The van der Waals surface area contributed by atoms with Gasteiger partial charge in [-0.05, 0) is 64.1 Å². The third-order valence-electron chi connectivity index (χ3n) is 3.20. The van der Waals surface area contributed by atoms with Gasteiger partial charge in [0.1, 0.15) is 5.75 Å². The summed E-state index contributed by atoms with van der Waals surface area (Å²) in [5, 5.41) is 0.712. The summed E-state index contributed by atoms with van der Waals surface area (Å²) in [5.74, 6) is 0.704. The number of nitrogen functional groups attached to an aromatic ring is 1. The van der Waals surface area contributed by atoms with E-state index < -0.39 is 0 Å². The predicted molar refractivity (Wildman–Crippen MR) is 87.0 cm³/mol. The maximum Gasteiger partial charge on any atom is 0.192 e. The number of rotatable bonds is 4. The molecule has 0 bridgehead atoms. The molecule has 0 fully saturated rings. The molecule has 1 aromatic heterocycles. The molecule has 0 saturated heterocycles. The Hall–Kier alpha value is -1.75. The van der Waals surface area contributed by atoms with E-state index in [4.69, 9.17) is 10.5 Å². The summed E-state index contributed by atoms with van der Waals surface area (Å²) in [6.07, 6.45) is 0.0904. The van der Waals surface area contributed by atoms with E-state index in [2.05, 4.69) is 9.97 Å². The minimum atomic E-state index is 0.0904. The lowest BCUT2D eigenvalue weighted by Crippen LogP contribution is -2.07. The fraction of sp³-hybridized carbons (Fsp3) is 0.375. The number of benzene rings is 1. The largest absolute Gasteiger partial charge is 0.489 e. The molecule has 5 heteroatoms. The Morgan fingerprint density at radius 3 is 2.29 bits per heavy atom. The lowest BCUT2D eigenvalue weighted by molar-refractivity contribution is 0.243. The SMILES string of the molecule is Cc1nc(Sc2cccc(OC(C)C)c2N)nc(C)c1C. The number of aryl methyl sites for hydroxylation is 2. The van der Waals surface area contributed by atoms with Crippen molar-refractivity contribution in [2.45, 2.75) is 50.8 Å². The van der Waals surface area contributed by atoms with Gasteiger partial charge in [-0.1, -0.05) is 6.07 Å². The summed E-state index contributed by atoms with van der Waals surface area (Å²) in [7, 11) is 0. The molecule has 0 aliphatic carbocycles. The summed E-state index contributed by atoms with van der Waals surface area (Å²) in [6.45, 7) is 9.99. The van der Waals surface area contributed by atoms with E-state index in [9.17, 15) is 0 Å². The number of nitrogens with two attached hydrogens (primary N) is 1. The van der Waals surface area contributed by atoms with Crippen molar-refractivity contribution < 1.29 is 4.74 Å². The molecular formula is C16H21N3OS. The smallest absolute Gasteiger partial charge is 0.192 e. The van der Waals surface area contributed by atoms with Crippen LogP contribution in [0.3, 0.4) is 0 Å². The zero-order chi connectivity index (χ0) is 15.6. The zero-order valence-electron chi connectivity index (χ0n) is 13.1. The molecule has 4 nitrogen and oxygen atoms in total. The monoisotopic (exact) mass is 303 g/mol. The molecule has 21 heavy (non-hydrogen) atoms. The molecule has 0 amide bonds. The van der Waals surface area contributed by atoms with Crippen molar-refractivity contribution in [1.82, 2.24) is 9.97 Å². The summed E-state index contributed by atoms with van der Waals surface area (Å²) in [5.41, 5.74) is 9.94. The van der Waals surface area contributed by atoms with Crippen LogP contribution >= 0.6 is 11.8 Å². The Balaban J connectivity index is 2.32. The minimum Gasteiger partial charge on any atom is -0.489 e. The quantitative estimate of drug-likeness (QED) is 0.685. The molecule has 0 unspecified atom stereocenters. The highest BCUT2D eigenvalue weighted by Crippen LogP contribution is 2.36. The Morgan fingerprint density at radius 1 is 1.10 bits per heavy atom. The van der Waals surface area contributed by atoms with Crippen LogP contribution in [-0.4, -0.2) is 16.1 Å². The third kappa shape index (κ3) is 3.67. The topological polar surface area (TPSA) is 61.0 Å². The van der Waals surface area contributed by atoms with Crippen LogP contribution in [0.2, 0.25) is 0 Å². The van der Waals surface area contributed by atoms with Gasteiger partial charge in [0.15, 0.2) is 5.16 Å². The molecule has 0 aliphatic rings. The van der Waals surface area contributed by atoms with Crippen molar-refractivity contribution in [2.24, 2.45) is 0 Å². The highest BCUT2D eigenvalue weighted by molar-refractivity contribution is 7.99. The number of aromatic nitrogens is 2. The fourth-order valence-corrected chi connectivity index (χ4v) is 2.77. The van der Waals surface area contributed by atoms with Crippen LogP contribution in [0, 0.1) is 20.8 Å². The molecule has 0 atom stereocenters. The normalized spacial score (nSPS) is 11.0. The van der Waals surface area contributed by atoms with Gasteiger partial charge in [-0.15, -0.1) is 0 Å². The average Bonchev–Trinajstić information content (AvgIpc) is 2.40. The van der Waals surface area contributed by atoms with E-state index in [1.807, 2.05) is 52.8 Å². The molecule has 2 aromatic rings. The summed E-state index contributed by atoms with van der Waals surface area (Å²) in [6, 6.07) is 5.78. The predicted octanol–water partition coefficient (Wildman–Crippen LogP) is 3.92. The van der Waals surface area contributed by atoms with Gasteiger partial charge in [-0.2, -0.15) is 0 Å². The van der Waals surface area contributed by atoms with Gasteiger partial charge in [0.25, 0.3) is 0 Å². The second-order valence-electron chi connectivity index (χ2n) is 5.24. The lowest BCUT2D eigenvalue weighted by atomic mass is 10.2. The zero-order valence-corrected chi connectivity index (χ0v) is 13.9. The fourth-order valence-electron chi connectivity index (χ4n) is 1.86. The highest BCUT2D eigenvalue weighted by atomic mass is 32.2. The average molecular weight is 303 g/mol. The molecule has 0 aliphatic heterocycles. The van der Waals surface area contributed by atoms with Gasteiger partial charge >= 0.3 is 0 Å². The molecule has 1 aromatic carbocycles. The van der Waals surface area contributed by atoms with Gasteiger partial charge in [-0.3, -0.25) is 0 Å². The van der Waals surface area contributed by atoms with Crippen LogP contribution in [0.25, 0.3) is 0 Å². The van der Waals surface area contributed by atoms with Crippen molar-refractivity contribution in [3.05, 3.63) is 35.2 Å². The second-order valence-corrected chi connectivity index (χ2v) is 6.25. The summed E-state index contributed by atoms with van der Waals surface area (Å²) in [4.78, 5) is 9.94. The number of anilines is 1. The van der Waals surface area contributed by atoms with Gasteiger partial charge in [0.2, 0.25) is 0 Å². The van der Waals surface area contributed by atoms with Crippen LogP contribution in [0.1, 0.15) is 30.8 Å². The van der Waals surface area contributed by atoms with E-state index in [0.29, 0.717) is 16.6 Å². The van der Waals surface area contributed by atoms with E-state index in [-0.39, 0.29) is 6.10 Å². The minimum absolute atomic E-state index is 0.0904. The van der Waals surface area contributed by atoms with Gasteiger partial charge in [0, 0.05) is 16.3 Å². The maximum atomic E-state index is 6.18. The van der Waals surface area contributed by atoms with Crippen LogP contribution in [0.5, 0.6) is 5.75 Å². The van der Waals surface area contributed by atoms with Crippen LogP contribution < -0.4 is 10.5 Å².